The van der Waals surface area contributed by atoms with Crippen molar-refractivity contribution < 1.29 is 13.2 Å². The molecule has 0 spiro atoms. The third-order valence-corrected chi connectivity index (χ3v) is 5.39. The van der Waals surface area contributed by atoms with E-state index in [1.54, 1.807) is 31.4 Å². The van der Waals surface area contributed by atoms with E-state index in [2.05, 4.69) is 16.5 Å². The molecule has 1 aromatic carbocycles. The molecule has 0 bridgehead atoms. The average molecular weight is 312 g/mol. The van der Waals surface area contributed by atoms with Gasteiger partial charge in [0.25, 0.3) is 0 Å². The number of piperidine rings is 1. The van der Waals surface area contributed by atoms with Crippen LogP contribution in [0, 0.1) is 0 Å². The summed E-state index contributed by atoms with van der Waals surface area (Å²) in [5.74, 6) is 0.649. The van der Waals surface area contributed by atoms with Crippen LogP contribution in [0.1, 0.15) is 26.2 Å². The van der Waals surface area contributed by atoms with E-state index in [0.29, 0.717) is 12.3 Å². The number of rotatable bonds is 6. The van der Waals surface area contributed by atoms with Gasteiger partial charge in [0.15, 0.2) is 0 Å². The lowest BCUT2D eigenvalue weighted by molar-refractivity contribution is 0.175. The number of benzene rings is 1. The molecule has 1 saturated heterocycles. The van der Waals surface area contributed by atoms with E-state index in [1.165, 1.54) is 19.3 Å². The van der Waals surface area contributed by atoms with Gasteiger partial charge in [0.1, 0.15) is 5.75 Å². The Morgan fingerprint density at radius 1 is 1.19 bits per heavy atom. The summed E-state index contributed by atoms with van der Waals surface area (Å²) in [6.45, 7) is 4.63. The summed E-state index contributed by atoms with van der Waals surface area (Å²) < 4.78 is 32.2. The summed E-state index contributed by atoms with van der Waals surface area (Å²) in [5, 5.41) is 0. The minimum atomic E-state index is -3.45. The van der Waals surface area contributed by atoms with Crippen molar-refractivity contribution >= 4 is 10.0 Å². The molecule has 1 N–H and O–H groups in total. The van der Waals surface area contributed by atoms with Crippen LogP contribution in [0.25, 0.3) is 0 Å². The van der Waals surface area contributed by atoms with E-state index in [-0.39, 0.29) is 10.9 Å². The Balaban J connectivity index is 1.93. The highest BCUT2D eigenvalue weighted by Crippen LogP contribution is 2.16. The van der Waals surface area contributed by atoms with Gasteiger partial charge in [0, 0.05) is 12.6 Å². The van der Waals surface area contributed by atoms with Gasteiger partial charge in [-0.1, -0.05) is 6.42 Å². The van der Waals surface area contributed by atoms with Crippen LogP contribution in [0.15, 0.2) is 29.2 Å². The first kappa shape index (κ1) is 16.3. The number of likely N-dealkylation sites (tertiary alicyclic amines) is 1. The zero-order chi connectivity index (χ0) is 15.3. The lowest BCUT2D eigenvalue weighted by Crippen LogP contribution is -2.44. The molecule has 1 fully saturated rings. The Bertz CT molecular complexity index is 537. The van der Waals surface area contributed by atoms with Gasteiger partial charge >= 0.3 is 0 Å². The predicted octanol–water partition coefficient (Wildman–Crippen LogP) is 1.85. The van der Waals surface area contributed by atoms with Crippen LogP contribution in [-0.2, 0) is 10.0 Å². The second-order valence-electron chi connectivity index (χ2n) is 5.47. The molecule has 0 saturated carbocycles. The first-order valence-corrected chi connectivity index (χ1v) is 8.89. The maximum atomic E-state index is 12.2. The third-order valence-electron chi connectivity index (χ3n) is 3.95. The molecule has 1 heterocycles. The number of hydrogen-bond acceptors (Lipinski definition) is 4. The number of hydrogen-bond donors (Lipinski definition) is 1. The van der Waals surface area contributed by atoms with E-state index in [0.717, 1.165) is 13.1 Å². The summed E-state index contributed by atoms with van der Waals surface area (Å²) in [4.78, 5) is 2.62. The number of nitrogens with one attached hydrogen (secondary N) is 1. The first-order chi connectivity index (χ1) is 10.0. The van der Waals surface area contributed by atoms with E-state index in [4.69, 9.17) is 4.74 Å². The van der Waals surface area contributed by atoms with Gasteiger partial charge < -0.3 is 4.74 Å². The molecule has 21 heavy (non-hydrogen) atoms. The summed E-state index contributed by atoms with van der Waals surface area (Å²) in [6.07, 6.45) is 3.69. The number of nitrogens with zero attached hydrogens (tertiary/aromatic N) is 1. The van der Waals surface area contributed by atoms with Gasteiger partial charge in [0.05, 0.1) is 12.0 Å². The van der Waals surface area contributed by atoms with Crippen LogP contribution in [0.2, 0.25) is 0 Å². The minimum Gasteiger partial charge on any atom is -0.497 e. The van der Waals surface area contributed by atoms with Crippen LogP contribution in [-0.4, -0.2) is 46.1 Å². The average Bonchev–Trinajstić information content (AvgIpc) is 2.53. The standard InChI is InChI=1S/C15H24N2O3S/c1-13(17-10-4-3-5-11-17)12-16-21(18,19)15-8-6-14(20-2)7-9-15/h6-9,13,16H,3-5,10-12H2,1-2H3. The molecule has 1 unspecified atom stereocenters. The van der Waals surface area contributed by atoms with Crippen molar-refractivity contribution in [2.75, 3.05) is 26.7 Å². The Morgan fingerprint density at radius 3 is 2.38 bits per heavy atom. The maximum Gasteiger partial charge on any atom is 0.240 e. The molecule has 0 aliphatic carbocycles. The van der Waals surface area contributed by atoms with Crippen LogP contribution >= 0.6 is 0 Å². The fourth-order valence-electron chi connectivity index (χ4n) is 2.56. The summed E-state index contributed by atoms with van der Waals surface area (Å²) in [6, 6.07) is 6.66. The first-order valence-electron chi connectivity index (χ1n) is 7.41. The maximum absolute atomic E-state index is 12.2. The highest BCUT2D eigenvalue weighted by atomic mass is 32.2. The van der Waals surface area contributed by atoms with Gasteiger partial charge in [-0.3, -0.25) is 4.90 Å². The predicted molar refractivity (Wildman–Crippen MR) is 83.1 cm³/mol. The van der Waals surface area contributed by atoms with Crippen molar-refractivity contribution in [2.24, 2.45) is 0 Å². The normalized spacial score (nSPS) is 18.4. The van der Waals surface area contributed by atoms with Crippen molar-refractivity contribution in [3.63, 3.8) is 0 Å². The van der Waals surface area contributed by atoms with Crippen LogP contribution in [0.4, 0.5) is 0 Å². The monoisotopic (exact) mass is 312 g/mol. The lowest BCUT2D eigenvalue weighted by atomic mass is 10.1. The molecule has 5 nitrogen and oxygen atoms in total. The summed E-state index contributed by atoms with van der Waals surface area (Å²) in [7, 11) is -1.89. The van der Waals surface area contributed by atoms with Gasteiger partial charge in [0.2, 0.25) is 10.0 Å². The molecule has 1 aliphatic heterocycles. The highest BCUT2D eigenvalue weighted by molar-refractivity contribution is 7.89. The van der Waals surface area contributed by atoms with E-state index >= 15 is 0 Å². The van der Waals surface area contributed by atoms with Crippen LogP contribution in [0.5, 0.6) is 5.75 Å². The fraction of sp³-hybridized carbons (Fsp3) is 0.600. The number of ether oxygens (including phenoxy) is 1. The van der Waals surface area contributed by atoms with Crippen LogP contribution < -0.4 is 9.46 Å². The van der Waals surface area contributed by atoms with Crippen molar-refractivity contribution in [2.45, 2.75) is 37.1 Å². The van der Waals surface area contributed by atoms with E-state index < -0.39 is 10.0 Å². The largest absolute Gasteiger partial charge is 0.497 e. The molecule has 0 amide bonds. The molecular formula is C15H24N2O3S. The van der Waals surface area contributed by atoms with E-state index in [1.807, 2.05) is 0 Å². The van der Waals surface area contributed by atoms with Crippen molar-refractivity contribution in [1.29, 1.82) is 0 Å². The zero-order valence-corrected chi connectivity index (χ0v) is 13.5. The molecule has 1 aromatic rings. The van der Waals surface area contributed by atoms with Crippen molar-refractivity contribution in [1.82, 2.24) is 9.62 Å². The Hall–Kier alpha value is -1.11. The fourth-order valence-corrected chi connectivity index (χ4v) is 3.68. The molecule has 1 atom stereocenters. The Morgan fingerprint density at radius 2 is 1.81 bits per heavy atom. The number of sulfonamides is 1. The zero-order valence-electron chi connectivity index (χ0n) is 12.7. The third kappa shape index (κ3) is 4.43. The molecule has 1 aliphatic rings. The molecular weight excluding hydrogens is 288 g/mol. The SMILES string of the molecule is COc1ccc(S(=O)(=O)NCC(C)N2CCCCC2)cc1. The highest BCUT2D eigenvalue weighted by Gasteiger charge is 2.20. The van der Waals surface area contributed by atoms with Gasteiger partial charge in [-0.05, 0) is 57.1 Å². The van der Waals surface area contributed by atoms with Crippen molar-refractivity contribution in [3.05, 3.63) is 24.3 Å². The molecule has 118 valence electrons. The molecule has 0 aromatic heterocycles. The van der Waals surface area contributed by atoms with E-state index in [9.17, 15) is 8.42 Å². The lowest BCUT2D eigenvalue weighted by Gasteiger charge is -2.32. The quantitative estimate of drug-likeness (QED) is 0.871. The van der Waals surface area contributed by atoms with Gasteiger partial charge in [-0.2, -0.15) is 0 Å². The molecule has 2 rings (SSSR count). The minimum absolute atomic E-state index is 0.221. The molecule has 6 heteroatoms. The smallest absolute Gasteiger partial charge is 0.240 e. The summed E-state index contributed by atoms with van der Waals surface area (Å²) in [5.41, 5.74) is 0. The second kappa shape index (κ2) is 7.24. The van der Waals surface area contributed by atoms with Crippen molar-refractivity contribution in [3.8, 4) is 5.75 Å². The Kier molecular flexibility index (Phi) is 5.61. The van der Waals surface area contributed by atoms with Gasteiger partial charge in [-0.15, -0.1) is 0 Å². The van der Waals surface area contributed by atoms with Crippen LogP contribution in [0.3, 0.4) is 0 Å². The topological polar surface area (TPSA) is 58.6 Å². The molecule has 0 radical (unpaired) electrons. The second-order valence-corrected chi connectivity index (χ2v) is 7.24. The van der Waals surface area contributed by atoms with Gasteiger partial charge in [-0.25, -0.2) is 13.1 Å². The Labute approximate surface area is 127 Å². The number of methoxy groups -OCH3 is 1. The summed E-state index contributed by atoms with van der Waals surface area (Å²) >= 11 is 0.